The first kappa shape index (κ1) is 14.6. The van der Waals surface area contributed by atoms with E-state index >= 15 is 0 Å². The van der Waals surface area contributed by atoms with Gasteiger partial charge in [0.25, 0.3) is 0 Å². The molecule has 0 heterocycles. The number of oxime groups is 1. The second-order valence-corrected chi connectivity index (χ2v) is 5.71. The maximum atomic E-state index is 12.2. The third-order valence-corrected chi connectivity index (χ3v) is 4.11. The molecule has 0 aliphatic heterocycles. The number of rotatable bonds is 3. The number of hydrogen-bond acceptors (Lipinski definition) is 3. The van der Waals surface area contributed by atoms with E-state index in [2.05, 4.69) is 17.4 Å². The zero-order valence-electron chi connectivity index (χ0n) is 12.1. The van der Waals surface area contributed by atoms with Crippen LogP contribution >= 0.6 is 0 Å². The molecular formula is C16H22N2O2. The Balaban J connectivity index is 1.94. The van der Waals surface area contributed by atoms with Crippen molar-refractivity contribution >= 4 is 17.3 Å². The van der Waals surface area contributed by atoms with Crippen LogP contribution in [0, 0.1) is 11.8 Å². The number of carbonyl (C=O) groups excluding carboxylic acids is 1. The lowest BCUT2D eigenvalue weighted by Crippen LogP contribution is -2.26. The Bertz CT molecular complexity index is 486. The highest BCUT2D eigenvalue weighted by atomic mass is 16.4. The molecule has 0 bridgehead atoms. The Hall–Kier alpha value is -1.84. The van der Waals surface area contributed by atoms with E-state index in [1.54, 1.807) is 6.92 Å². The fraction of sp³-hybridized carbons (Fsp3) is 0.500. The number of nitrogens with one attached hydrogen (secondary N) is 1. The molecule has 1 fully saturated rings. The molecule has 0 saturated heterocycles. The monoisotopic (exact) mass is 274 g/mol. The molecule has 1 aromatic rings. The van der Waals surface area contributed by atoms with Gasteiger partial charge in [-0.05, 0) is 56.2 Å². The van der Waals surface area contributed by atoms with Crippen molar-refractivity contribution in [2.75, 3.05) is 5.32 Å². The predicted molar refractivity (Wildman–Crippen MR) is 80.2 cm³/mol. The summed E-state index contributed by atoms with van der Waals surface area (Å²) in [5, 5.41) is 14.8. The molecule has 20 heavy (non-hydrogen) atoms. The van der Waals surface area contributed by atoms with Gasteiger partial charge in [-0.3, -0.25) is 4.79 Å². The van der Waals surface area contributed by atoms with Crippen LogP contribution in [0.25, 0.3) is 0 Å². The van der Waals surface area contributed by atoms with Crippen LogP contribution < -0.4 is 5.32 Å². The van der Waals surface area contributed by atoms with Crippen molar-refractivity contribution in [3.63, 3.8) is 0 Å². The standard InChI is InChI=1S/C16H22N2O2/c1-11-3-5-14(6-4-11)16(19)17-15-9-7-13(8-10-15)12(2)18-20/h7-11,14,20H,3-6H2,1-2H3,(H,17,19)/b18-12+. The Morgan fingerprint density at radius 3 is 2.35 bits per heavy atom. The minimum atomic E-state index is 0.122. The van der Waals surface area contributed by atoms with E-state index in [-0.39, 0.29) is 11.8 Å². The van der Waals surface area contributed by atoms with Crippen LogP contribution in [-0.2, 0) is 4.79 Å². The highest BCUT2D eigenvalue weighted by Gasteiger charge is 2.24. The molecule has 4 nitrogen and oxygen atoms in total. The lowest BCUT2D eigenvalue weighted by Gasteiger charge is -2.25. The van der Waals surface area contributed by atoms with E-state index in [1.165, 1.54) is 0 Å². The van der Waals surface area contributed by atoms with Crippen LogP contribution in [0.3, 0.4) is 0 Å². The van der Waals surface area contributed by atoms with Crippen LogP contribution in [0.2, 0.25) is 0 Å². The fourth-order valence-corrected chi connectivity index (χ4v) is 2.62. The summed E-state index contributed by atoms with van der Waals surface area (Å²) in [6, 6.07) is 7.36. The summed E-state index contributed by atoms with van der Waals surface area (Å²) in [6.45, 7) is 3.98. The summed E-state index contributed by atoms with van der Waals surface area (Å²) in [7, 11) is 0. The maximum Gasteiger partial charge on any atom is 0.227 e. The van der Waals surface area contributed by atoms with Crippen molar-refractivity contribution in [2.45, 2.75) is 39.5 Å². The van der Waals surface area contributed by atoms with Gasteiger partial charge in [-0.25, -0.2) is 0 Å². The first-order valence-electron chi connectivity index (χ1n) is 7.20. The second kappa shape index (κ2) is 6.55. The van der Waals surface area contributed by atoms with E-state index < -0.39 is 0 Å². The van der Waals surface area contributed by atoms with Gasteiger partial charge in [0.1, 0.15) is 0 Å². The summed E-state index contributed by atoms with van der Waals surface area (Å²) >= 11 is 0. The molecule has 2 rings (SSSR count). The van der Waals surface area contributed by atoms with Gasteiger partial charge in [-0.15, -0.1) is 0 Å². The Morgan fingerprint density at radius 2 is 1.80 bits per heavy atom. The number of nitrogens with zero attached hydrogens (tertiary/aromatic N) is 1. The highest BCUT2D eigenvalue weighted by molar-refractivity contribution is 5.99. The molecule has 1 saturated carbocycles. The van der Waals surface area contributed by atoms with Crippen LogP contribution in [0.15, 0.2) is 29.4 Å². The third kappa shape index (κ3) is 3.59. The van der Waals surface area contributed by atoms with Crippen molar-refractivity contribution in [3.8, 4) is 0 Å². The summed E-state index contributed by atoms with van der Waals surface area (Å²) in [5.74, 6) is 1.02. The van der Waals surface area contributed by atoms with Crippen molar-refractivity contribution < 1.29 is 10.0 Å². The zero-order valence-corrected chi connectivity index (χ0v) is 12.1. The summed E-state index contributed by atoms with van der Waals surface area (Å²) in [6.07, 6.45) is 4.26. The summed E-state index contributed by atoms with van der Waals surface area (Å²) in [5.41, 5.74) is 2.20. The molecule has 1 aliphatic carbocycles. The Morgan fingerprint density at radius 1 is 1.20 bits per heavy atom. The quantitative estimate of drug-likeness (QED) is 0.502. The molecule has 0 spiro atoms. The molecule has 108 valence electrons. The van der Waals surface area contributed by atoms with E-state index in [0.29, 0.717) is 5.71 Å². The van der Waals surface area contributed by atoms with Crippen LogP contribution in [0.5, 0.6) is 0 Å². The largest absolute Gasteiger partial charge is 0.411 e. The molecule has 0 atom stereocenters. The molecule has 1 aliphatic rings. The van der Waals surface area contributed by atoms with Gasteiger partial charge in [0.15, 0.2) is 0 Å². The van der Waals surface area contributed by atoms with Crippen molar-refractivity contribution in [1.29, 1.82) is 0 Å². The first-order valence-corrected chi connectivity index (χ1v) is 7.20. The molecule has 4 heteroatoms. The van der Waals surface area contributed by atoms with Gasteiger partial charge in [0, 0.05) is 11.6 Å². The lowest BCUT2D eigenvalue weighted by molar-refractivity contribution is -0.121. The molecule has 2 N–H and O–H groups in total. The highest BCUT2D eigenvalue weighted by Crippen LogP contribution is 2.29. The second-order valence-electron chi connectivity index (χ2n) is 5.71. The predicted octanol–water partition coefficient (Wildman–Crippen LogP) is 3.65. The minimum Gasteiger partial charge on any atom is -0.411 e. The Kier molecular flexibility index (Phi) is 4.77. The van der Waals surface area contributed by atoms with Gasteiger partial charge in [0.05, 0.1) is 5.71 Å². The van der Waals surface area contributed by atoms with Gasteiger partial charge in [-0.1, -0.05) is 24.2 Å². The number of anilines is 1. The van der Waals surface area contributed by atoms with Gasteiger partial charge in [0.2, 0.25) is 5.91 Å². The maximum absolute atomic E-state index is 12.2. The van der Waals surface area contributed by atoms with Crippen molar-refractivity contribution in [1.82, 2.24) is 0 Å². The Labute approximate surface area is 119 Å². The number of amides is 1. The average molecular weight is 274 g/mol. The summed E-state index contributed by atoms with van der Waals surface area (Å²) < 4.78 is 0. The smallest absolute Gasteiger partial charge is 0.227 e. The van der Waals surface area contributed by atoms with E-state index in [4.69, 9.17) is 5.21 Å². The summed E-state index contributed by atoms with van der Waals surface area (Å²) in [4.78, 5) is 12.2. The minimum absolute atomic E-state index is 0.122. The van der Waals surface area contributed by atoms with Crippen LogP contribution in [0.4, 0.5) is 5.69 Å². The van der Waals surface area contributed by atoms with Crippen LogP contribution in [-0.4, -0.2) is 16.8 Å². The average Bonchev–Trinajstić information content (AvgIpc) is 2.48. The zero-order chi connectivity index (χ0) is 14.5. The molecule has 0 unspecified atom stereocenters. The van der Waals surface area contributed by atoms with E-state index in [1.807, 2.05) is 24.3 Å². The first-order chi connectivity index (χ1) is 9.60. The lowest BCUT2D eigenvalue weighted by atomic mass is 9.82. The molecular weight excluding hydrogens is 252 g/mol. The topological polar surface area (TPSA) is 61.7 Å². The van der Waals surface area contributed by atoms with Gasteiger partial charge < -0.3 is 10.5 Å². The SMILES string of the molecule is C/C(=N\O)c1ccc(NC(=O)C2CCC(C)CC2)cc1. The van der Waals surface area contributed by atoms with Crippen LogP contribution in [0.1, 0.15) is 45.1 Å². The molecule has 0 radical (unpaired) electrons. The molecule has 1 aromatic carbocycles. The number of benzene rings is 1. The van der Waals surface area contributed by atoms with Gasteiger partial charge >= 0.3 is 0 Å². The third-order valence-electron chi connectivity index (χ3n) is 4.11. The van der Waals surface area contributed by atoms with Gasteiger partial charge in [-0.2, -0.15) is 0 Å². The van der Waals surface area contributed by atoms with Crippen molar-refractivity contribution in [2.24, 2.45) is 17.0 Å². The normalized spacial score (nSPS) is 23.4. The van der Waals surface area contributed by atoms with Crippen molar-refractivity contribution in [3.05, 3.63) is 29.8 Å². The number of carbonyl (C=O) groups is 1. The van der Waals surface area contributed by atoms with E-state index in [9.17, 15) is 4.79 Å². The fourth-order valence-electron chi connectivity index (χ4n) is 2.62. The molecule has 1 amide bonds. The molecule has 0 aromatic heterocycles. The van der Waals surface area contributed by atoms with E-state index in [0.717, 1.165) is 42.9 Å². The number of hydrogen-bond donors (Lipinski definition) is 2.